The number of hydrogen-bond donors (Lipinski definition) is 1. The Balaban J connectivity index is 2.16. The van der Waals surface area contributed by atoms with Gasteiger partial charge in [-0.15, -0.1) is 0 Å². The van der Waals surface area contributed by atoms with E-state index in [1.165, 1.54) is 0 Å². The Labute approximate surface area is 138 Å². The van der Waals surface area contributed by atoms with E-state index in [-0.39, 0.29) is 0 Å². The van der Waals surface area contributed by atoms with Crippen LogP contribution in [0.1, 0.15) is 11.1 Å². The second kappa shape index (κ2) is 7.53. The molecule has 21 heavy (non-hydrogen) atoms. The highest BCUT2D eigenvalue weighted by Crippen LogP contribution is 2.27. The molecule has 2 aromatic carbocycles. The van der Waals surface area contributed by atoms with Gasteiger partial charge >= 0.3 is 0 Å². The maximum atomic E-state index is 6.14. The van der Waals surface area contributed by atoms with Gasteiger partial charge in [0.25, 0.3) is 0 Å². The molecule has 1 N–H and O–H groups in total. The van der Waals surface area contributed by atoms with E-state index in [9.17, 15) is 0 Å². The molecule has 0 spiro atoms. The summed E-state index contributed by atoms with van der Waals surface area (Å²) in [5.41, 5.74) is 3.14. The fourth-order valence-electron chi connectivity index (χ4n) is 1.97. The van der Waals surface area contributed by atoms with Crippen LogP contribution in [0.25, 0.3) is 0 Å². The Morgan fingerprint density at radius 3 is 2.90 bits per heavy atom. The Morgan fingerprint density at radius 2 is 2.14 bits per heavy atom. The summed E-state index contributed by atoms with van der Waals surface area (Å²) in [7, 11) is 0. The number of hydrogen-bond acceptors (Lipinski definition) is 2. The average molecular weight is 367 g/mol. The molecule has 0 fully saturated rings. The molecule has 2 nitrogen and oxygen atoms in total. The highest BCUT2D eigenvalue weighted by atomic mass is 79.9. The van der Waals surface area contributed by atoms with Gasteiger partial charge in [-0.05, 0) is 42.8 Å². The van der Waals surface area contributed by atoms with Crippen molar-refractivity contribution in [1.29, 1.82) is 0 Å². The third kappa shape index (κ3) is 4.26. The first kappa shape index (κ1) is 15.9. The number of ether oxygens (including phenoxy) is 1. The second-order valence-electron chi connectivity index (χ2n) is 4.62. The summed E-state index contributed by atoms with van der Waals surface area (Å²) >= 11 is 9.63. The van der Waals surface area contributed by atoms with Crippen LogP contribution in [0.2, 0.25) is 5.02 Å². The van der Waals surface area contributed by atoms with E-state index >= 15 is 0 Å². The molecule has 0 aliphatic heterocycles. The molecule has 0 amide bonds. The van der Waals surface area contributed by atoms with Crippen LogP contribution in [0.5, 0.6) is 5.75 Å². The lowest BCUT2D eigenvalue weighted by atomic mass is 10.1. The van der Waals surface area contributed by atoms with Crippen LogP contribution >= 0.6 is 27.5 Å². The van der Waals surface area contributed by atoms with Crippen molar-refractivity contribution >= 4 is 33.2 Å². The van der Waals surface area contributed by atoms with Gasteiger partial charge in [0.1, 0.15) is 12.4 Å². The van der Waals surface area contributed by atoms with E-state index in [0.29, 0.717) is 13.2 Å². The second-order valence-corrected chi connectivity index (χ2v) is 5.94. The van der Waals surface area contributed by atoms with Crippen molar-refractivity contribution in [3.8, 4) is 5.75 Å². The molecule has 0 saturated carbocycles. The van der Waals surface area contributed by atoms with E-state index in [2.05, 4.69) is 27.8 Å². The van der Waals surface area contributed by atoms with Gasteiger partial charge in [-0.3, -0.25) is 0 Å². The van der Waals surface area contributed by atoms with Gasteiger partial charge in [0, 0.05) is 27.3 Å². The molecule has 2 rings (SSSR count). The largest absolute Gasteiger partial charge is 0.489 e. The zero-order chi connectivity index (χ0) is 15.2. The summed E-state index contributed by atoms with van der Waals surface area (Å²) in [6.45, 7) is 6.82. The average Bonchev–Trinajstić information content (AvgIpc) is 2.48. The van der Waals surface area contributed by atoms with Gasteiger partial charge in [-0.2, -0.15) is 0 Å². The summed E-state index contributed by atoms with van der Waals surface area (Å²) < 4.78 is 6.70. The molecule has 0 radical (unpaired) electrons. The van der Waals surface area contributed by atoms with Crippen LogP contribution in [0.15, 0.2) is 53.5 Å². The van der Waals surface area contributed by atoms with Crippen molar-refractivity contribution in [1.82, 2.24) is 0 Å². The van der Waals surface area contributed by atoms with E-state index < -0.39 is 0 Å². The van der Waals surface area contributed by atoms with Crippen LogP contribution < -0.4 is 10.1 Å². The van der Waals surface area contributed by atoms with Crippen LogP contribution in [0, 0.1) is 6.92 Å². The quantitative estimate of drug-likeness (QED) is 0.673. The van der Waals surface area contributed by atoms with Gasteiger partial charge in [-0.1, -0.05) is 46.3 Å². The van der Waals surface area contributed by atoms with E-state index in [0.717, 1.165) is 32.1 Å². The van der Waals surface area contributed by atoms with Gasteiger partial charge < -0.3 is 10.1 Å². The normalized spacial score (nSPS) is 10.2. The minimum absolute atomic E-state index is 0.491. The van der Waals surface area contributed by atoms with E-state index in [4.69, 9.17) is 16.3 Å². The summed E-state index contributed by atoms with van der Waals surface area (Å²) in [5, 5.41) is 4.16. The summed E-state index contributed by atoms with van der Waals surface area (Å²) in [6.07, 6.45) is 1.74. The number of halogens is 2. The van der Waals surface area contributed by atoms with Crippen molar-refractivity contribution < 1.29 is 4.74 Å². The van der Waals surface area contributed by atoms with Crippen molar-refractivity contribution in [2.45, 2.75) is 13.5 Å². The molecular formula is C17H17BrClNO. The maximum Gasteiger partial charge on any atom is 0.124 e. The Bertz CT molecular complexity index is 643. The van der Waals surface area contributed by atoms with Crippen LogP contribution in [-0.2, 0) is 6.54 Å². The Kier molecular flexibility index (Phi) is 5.71. The van der Waals surface area contributed by atoms with Crippen molar-refractivity contribution in [2.75, 3.05) is 11.9 Å². The third-order valence-electron chi connectivity index (χ3n) is 3.12. The van der Waals surface area contributed by atoms with Crippen molar-refractivity contribution in [3.05, 3.63) is 69.7 Å². The van der Waals surface area contributed by atoms with E-state index in [1.807, 2.05) is 43.3 Å². The Hall–Kier alpha value is -1.45. The van der Waals surface area contributed by atoms with Gasteiger partial charge in [-0.25, -0.2) is 0 Å². The first-order chi connectivity index (χ1) is 10.1. The fourth-order valence-corrected chi connectivity index (χ4v) is 2.55. The molecule has 0 aromatic heterocycles. The van der Waals surface area contributed by atoms with Gasteiger partial charge in [0.2, 0.25) is 0 Å². The predicted octanol–water partition coefficient (Wildman–Crippen LogP) is 5.59. The minimum Gasteiger partial charge on any atom is -0.489 e. The first-order valence-corrected chi connectivity index (χ1v) is 7.80. The number of rotatable bonds is 6. The van der Waals surface area contributed by atoms with Gasteiger partial charge in [0.05, 0.1) is 0 Å². The molecular weight excluding hydrogens is 350 g/mol. The molecule has 0 heterocycles. The highest BCUT2D eigenvalue weighted by Gasteiger charge is 2.06. The summed E-state index contributed by atoms with van der Waals surface area (Å²) in [6, 6.07) is 11.8. The Morgan fingerprint density at radius 1 is 1.33 bits per heavy atom. The van der Waals surface area contributed by atoms with Crippen molar-refractivity contribution in [3.63, 3.8) is 0 Å². The SMILES string of the molecule is C=CCOc1ccc(Br)cc1CNc1cccc(Cl)c1C. The van der Waals surface area contributed by atoms with Gasteiger partial charge in [0.15, 0.2) is 0 Å². The predicted molar refractivity (Wildman–Crippen MR) is 93.3 cm³/mol. The zero-order valence-electron chi connectivity index (χ0n) is 11.8. The third-order valence-corrected chi connectivity index (χ3v) is 4.02. The molecule has 4 heteroatoms. The molecule has 0 aliphatic carbocycles. The summed E-state index contributed by atoms with van der Waals surface area (Å²) in [4.78, 5) is 0. The molecule has 110 valence electrons. The zero-order valence-corrected chi connectivity index (χ0v) is 14.2. The van der Waals surface area contributed by atoms with Crippen LogP contribution in [0.3, 0.4) is 0 Å². The number of nitrogens with one attached hydrogen (secondary N) is 1. The lowest BCUT2D eigenvalue weighted by Crippen LogP contribution is -2.04. The van der Waals surface area contributed by atoms with Crippen molar-refractivity contribution in [2.24, 2.45) is 0 Å². The lowest BCUT2D eigenvalue weighted by molar-refractivity contribution is 0.359. The first-order valence-electron chi connectivity index (χ1n) is 6.63. The lowest BCUT2D eigenvalue weighted by Gasteiger charge is -2.14. The topological polar surface area (TPSA) is 21.3 Å². The smallest absolute Gasteiger partial charge is 0.124 e. The molecule has 2 aromatic rings. The molecule has 0 atom stereocenters. The van der Waals surface area contributed by atoms with Crippen LogP contribution in [0.4, 0.5) is 5.69 Å². The standard InChI is InChI=1S/C17H17BrClNO/c1-3-9-21-17-8-7-14(18)10-13(17)11-20-16-6-4-5-15(19)12(16)2/h3-8,10,20H,1,9,11H2,2H3. The summed E-state index contributed by atoms with van der Waals surface area (Å²) in [5.74, 6) is 0.852. The molecule has 0 saturated heterocycles. The van der Waals surface area contributed by atoms with E-state index in [1.54, 1.807) is 6.08 Å². The molecule has 0 unspecified atom stereocenters. The maximum absolute atomic E-state index is 6.14. The monoisotopic (exact) mass is 365 g/mol. The molecule has 0 aliphatic rings. The number of benzene rings is 2. The highest BCUT2D eigenvalue weighted by molar-refractivity contribution is 9.10. The van der Waals surface area contributed by atoms with Crippen LogP contribution in [-0.4, -0.2) is 6.61 Å². The molecule has 0 bridgehead atoms. The number of anilines is 1. The fraction of sp³-hybridized carbons (Fsp3) is 0.176. The minimum atomic E-state index is 0.491.